The third-order valence-electron chi connectivity index (χ3n) is 2.35. The van der Waals surface area contributed by atoms with Crippen LogP contribution in [0.5, 0.6) is 0 Å². The maximum Gasteiger partial charge on any atom is 0.309 e. The molecule has 0 aromatic carbocycles. The van der Waals surface area contributed by atoms with E-state index in [4.69, 9.17) is 4.74 Å². The molecular weight excluding hydrogens is 140 g/mol. The van der Waals surface area contributed by atoms with E-state index < -0.39 is 0 Å². The second-order valence-electron chi connectivity index (χ2n) is 4.32. The summed E-state index contributed by atoms with van der Waals surface area (Å²) in [5, 5.41) is 0. The molecule has 1 atom stereocenters. The molecule has 64 valence electrons. The SMILES string of the molecule is CC(C)C1C(=O)OCC1(C)C. The van der Waals surface area contributed by atoms with Gasteiger partial charge in [-0.05, 0) is 5.92 Å². The summed E-state index contributed by atoms with van der Waals surface area (Å²) < 4.78 is 5.00. The zero-order chi connectivity index (χ0) is 8.65. The second-order valence-corrected chi connectivity index (χ2v) is 4.32. The van der Waals surface area contributed by atoms with Crippen LogP contribution < -0.4 is 0 Å². The number of hydrogen-bond donors (Lipinski definition) is 0. The third kappa shape index (κ3) is 1.39. The highest BCUT2D eigenvalue weighted by Gasteiger charge is 2.44. The van der Waals surface area contributed by atoms with Crippen LogP contribution >= 0.6 is 0 Å². The van der Waals surface area contributed by atoms with Gasteiger partial charge < -0.3 is 4.74 Å². The minimum absolute atomic E-state index is 0.0231. The van der Waals surface area contributed by atoms with Crippen LogP contribution in [0.15, 0.2) is 0 Å². The van der Waals surface area contributed by atoms with E-state index in [1.165, 1.54) is 0 Å². The van der Waals surface area contributed by atoms with Crippen molar-refractivity contribution in [2.75, 3.05) is 6.61 Å². The van der Waals surface area contributed by atoms with E-state index >= 15 is 0 Å². The Morgan fingerprint density at radius 1 is 1.55 bits per heavy atom. The molecule has 1 aliphatic heterocycles. The molecule has 2 nitrogen and oxygen atoms in total. The first-order valence-corrected chi connectivity index (χ1v) is 4.12. The topological polar surface area (TPSA) is 26.3 Å². The van der Waals surface area contributed by atoms with Crippen molar-refractivity contribution in [1.29, 1.82) is 0 Å². The van der Waals surface area contributed by atoms with Gasteiger partial charge >= 0.3 is 5.97 Å². The zero-order valence-corrected chi connectivity index (χ0v) is 7.68. The summed E-state index contributed by atoms with van der Waals surface area (Å²) in [4.78, 5) is 11.2. The normalized spacial score (nSPS) is 29.2. The predicted molar refractivity (Wildman–Crippen MR) is 43.1 cm³/mol. The smallest absolute Gasteiger partial charge is 0.309 e. The van der Waals surface area contributed by atoms with Crippen LogP contribution in [0, 0.1) is 17.3 Å². The Labute approximate surface area is 67.9 Å². The molecule has 1 fully saturated rings. The highest BCUT2D eigenvalue weighted by molar-refractivity contribution is 5.75. The molecule has 0 saturated carbocycles. The first-order chi connectivity index (χ1) is 4.95. The van der Waals surface area contributed by atoms with Gasteiger partial charge in [-0.1, -0.05) is 27.7 Å². The van der Waals surface area contributed by atoms with Gasteiger partial charge in [-0.3, -0.25) is 4.79 Å². The lowest BCUT2D eigenvalue weighted by Crippen LogP contribution is -2.28. The van der Waals surface area contributed by atoms with Gasteiger partial charge in [0.05, 0.1) is 12.5 Å². The lowest BCUT2D eigenvalue weighted by molar-refractivity contribution is -0.142. The number of cyclic esters (lactones) is 1. The molecule has 1 rings (SSSR count). The lowest BCUT2D eigenvalue weighted by atomic mass is 9.75. The van der Waals surface area contributed by atoms with Gasteiger partial charge in [0.2, 0.25) is 0 Å². The maximum absolute atomic E-state index is 11.2. The van der Waals surface area contributed by atoms with E-state index in [0.717, 1.165) is 0 Å². The number of carbonyl (C=O) groups excluding carboxylic acids is 1. The summed E-state index contributed by atoms with van der Waals surface area (Å²) >= 11 is 0. The highest BCUT2D eigenvalue weighted by Crippen LogP contribution is 2.38. The third-order valence-corrected chi connectivity index (χ3v) is 2.35. The Balaban J connectivity index is 2.80. The number of hydrogen-bond acceptors (Lipinski definition) is 2. The molecule has 1 saturated heterocycles. The van der Waals surface area contributed by atoms with Crippen molar-refractivity contribution < 1.29 is 9.53 Å². The molecule has 0 aliphatic carbocycles. The van der Waals surface area contributed by atoms with Crippen molar-refractivity contribution in [3.05, 3.63) is 0 Å². The highest BCUT2D eigenvalue weighted by atomic mass is 16.5. The van der Waals surface area contributed by atoms with Crippen LogP contribution in [0.1, 0.15) is 27.7 Å². The van der Waals surface area contributed by atoms with Crippen molar-refractivity contribution in [2.45, 2.75) is 27.7 Å². The van der Waals surface area contributed by atoms with E-state index in [2.05, 4.69) is 27.7 Å². The van der Waals surface area contributed by atoms with Gasteiger partial charge in [0.1, 0.15) is 0 Å². The minimum Gasteiger partial charge on any atom is -0.465 e. The van der Waals surface area contributed by atoms with E-state index in [-0.39, 0.29) is 17.3 Å². The summed E-state index contributed by atoms with van der Waals surface area (Å²) in [6.45, 7) is 8.89. The molecule has 0 spiro atoms. The number of esters is 1. The number of ether oxygens (including phenoxy) is 1. The van der Waals surface area contributed by atoms with Crippen molar-refractivity contribution in [3.63, 3.8) is 0 Å². The van der Waals surface area contributed by atoms with Gasteiger partial charge in [-0.15, -0.1) is 0 Å². The molecule has 2 heteroatoms. The van der Waals surface area contributed by atoms with Crippen LogP contribution in [0.25, 0.3) is 0 Å². The molecule has 0 radical (unpaired) electrons. The molecule has 0 amide bonds. The summed E-state index contributed by atoms with van der Waals surface area (Å²) in [6.07, 6.45) is 0. The zero-order valence-electron chi connectivity index (χ0n) is 7.68. The van der Waals surface area contributed by atoms with Crippen LogP contribution in [0.2, 0.25) is 0 Å². The Bertz CT molecular complexity index is 170. The van der Waals surface area contributed by atoms with Gasteiger partial charge in [-0.25, -0.2) is 0 Å². The van der Waals surface area contributed by atoms with E-state index in [0.29, 0.717) is 12.5 Å². The molecule has 0 N–H and O–H groups in total. The summed E-state index contributed by atoms with van der Waals surface area (Å²) in [5.41, 5.74) is 0.0330. The molecule has 1 unspecified atom stereocenters. The Morgan fingerprint density at radius 3 is 2.27 bits per heavy atom. The van der Waals surface area contributed by atoms with Crippen molar-refractivity contribution in [1.82, 2.24) is 0 Å². The maximum atomic E-state index is 11.2. The van der Waals surface area contributed by atoms with Gasteiger partial charge in [0.15, 0.2) is 0 Å². The summed E-state index contributed by atoms with van der Waals surface area (Å²) in [7, 11) is 0. The van der Waals surface area contributed by atoms with Crippen molar-refractivity contribution in [3.8, 4) is 0 Å². The number of carbonyl (C=O) groups is 1. The first-order valence-electron chi connectivity index (χ1n) is 4.12. The van der Waals surface area contributed by atoms with Crippen molar-refractivity contribution >= 4 is 5.97 Å². The van der Waals surface area contributed by atoms with E-state index in [1.807, 2.05) is 0 Å². The average molecular weight is 156 g/mol. The Kier molecular flexibility index (Phi) is 1.95. The minimum atomic E-state index is -0.0231. The van der Waals surface area contributed by atoms with Gasteiger partial charge in [0, 0.05) is 5.41 Å². The molecule has 1 heterocycles. The van der Waals surface area contributed by atoms with E-state index in [9.17, 15) is 4.79 Å². The van der Waals surface area contributed by atoms with Gasteiger partial charge in [0.25, 0.3) is 0 Å². The molecular formula is C9H16O2. The van der Waals surface area contributed by atoms with Crippen LogP contribution in [-0.2, 0) is 9.53 Å². The molecule has 0 aromatic heterocycles. The fourth-order valence-corrected chi connectivity index (χ4v) is 1.93. The fraction of sp³-hybridized carbons (Fsp3) is 0.889. The monoisotopic (exact) mass is 156 g/mol. The van der Waals surface area contributed by atoms with Crippen LogP contribution in [0.3, 0.4) is 0 Å². The summed E-state index contributed by atoms with van der Waals surface area (Å²) in [6, 6.07) is 0. The van der Waals surface area contributed by atoms with Crippen molar-refractivity contribution in [2.24, 2.45) is 17.3 Å². The Morgan fingerprint density at radius 2 is 2.09 bits per heavy atom. The lowest BCUT2D eigenvalue weighted by Gasteiger charge is -2.24. The van der Waals surface area contributed by atoms with E-state index in [1.54, 1.807) is 0 Å². The van der Waals surface area contributed by atoms with Crippen LogP contribution in [-0.4, -0.2) is 12.6 Å². The fourth-order valence-electron chi connectivity index (χ4n) is 1.93. The Hall–Kier alpha value is -0.530. The molecule has 0 bridgehead atoms. The molecule has 11 heavy (non-hydrogen) atoms. The second kappa shape index (κ2) is 2.50. The average Bonchev–Trinajstić information content (AvgIpc) is 2.06. The van der Waals surface area contributed by atoms with Gasteiger partial charge in [-0.2, -0.15) is 0 Å². The first kappa shape index (κ1) is 8.57. The van der Waals surface area contributed by atoms with Crippen LogP contribution in [0.4, 0.5) is 0 Å². The standard InChI is InChI=1S/C9H16O2/c1-6(2)7-8(10)11-5-9(7,3)4/h6-7H,5H2,1-4H3. The quantitative estimate of drug-likeness (QED) is 0.541. The number of rotatable bonds is 1. The molecule has 0 aromatic rings. The predicted octanol–water partition coefficient (Wildman–Crippen LogP) is 1.84. The summed E-state index contributed by atoms with van der Waals surface area (Å²) in [5.74, 6) is 0.451. The largest absolute Gasteiger partial charge is 0.465 e. The molecule has 1 aliphatic rings.